The Kier molecular flexibility index (Phi) is 5.24. The maximum Gasteiger partial charge on any atom is 0.0699 e. The van der Waals surface area contributed by atoms with Crippen molar-refractivity contribution in [2.24, 2.45) is 4.99 Å². The predicted octanol–water partition coefficient (Wildman–Crippen LogP) is 5.97. The van der Waals surface area contributed by atoms with Crippen LogP contribution in [0, 0.1) is 0 Å². The van der Waals surface area contributed by atoms with E-state index in [0.29, 0.717) is 11.8 Å². The molecular formula is C19H23NS. The number of benzene rings is 2. The summed E-state index contributed by atoms with van der Waals surface area (Å²) in [5.41, 5.74) is 4.76. The quantitative estimate of drug-likeness (QED) is 0.527. The number of nitrogens with zero attached hydrogens (tertiary/aromatic N) is 1. The number of aliphatic imine (C=N–C) groups is 1. The van der Waals surface area contributed by atoms with Crippen molar-refractivity contribution in [2.45, 2.75) is 44.4 Å². The van der Waals surface area contributed by atoms with Crippen molar-refractivity contribution in [1.82, 2.24) is 0 Å². The number of hydrogen-bond acceptors (Lipinski definition) is 2. The molecule has 21 heavy (non-hydrogen) atoms. The first kappa shape index (κ1) is 15.8. The summed E-state index contributed by atoms with van der Waals surface area (Å²) in [5, 5.41) is 0. The lowest BCUT2D eigenvalue weighted by atomic mass is 9.93. The van der Waals surface area contributed by atoms with Gasteiger partial charge in [0.05, 0.1) is 5.69 Å². The highest BCUT2D eigenvalue weighted by molar-refractivity contribution is 7.80. The number of rotatable bonds is 4. The van der Waals surface area contributed by atoms with E-state index < -0.39 is 0 Å². The molecule has 1 nitrogen and oxygen atoms in total. The Morgan fingerprint density at radius 1 is 0.857 bits per heavy atom. The molecule has 0 spiro atoms. The third-order valence-corrected chi connectivity index (χ3v) is 4.02. The lowest BCUT2D eigenvalue weighted by Crippen LogP contribution is -1.96. The first-order chi connectivity index (χ1) is 10.0. The van der Waals surface area contributed by atoms with Crippen molar-refractivity contribution in [3.05, 3.63) is 59.2 Å². The normalized spacial score (nSPS) is 11.8. The first-order valence-corrected chi connectivity index (χ1v) is 7.90. The van der Waals surface area contributed by atoms with Gasteiger partial charge in [-0.3, -0.25) is 4.99 Å². The average Bonchev–Trinajstić information content (AvgIpc) is 2.45. The van der Waals surface area contributed by atoms with E-state index in [1.165, 1.54) is 11.1 Å². The van der Waals surface area contributed by atoms with E-state index in [1.54, 1.807) is 0 Å². The maximum atomic E-state index is 4.81. The average molecular weight is 297 g/mol. The highest BCUT2D eigenvalue weighted by Crippen LogP contribution is 2.34. The Balaban J connectivity index is 2.49. The van der Waals surface area contributed by atoms with Gasteiger partial charge in [-0.25, -0.2) is 0 Å². The van der Waals surface area contributed by atoms with Crippen LogP contribution in [0.2, 0.25) is 0 Å². The third kappa shape index (κ3) is 3.76. The molecule has 0 aromatic heterocycles. The van der Waals surface area contributed by atoms with Crippen molar-refractivity contribution >= 4 is 24.5 Å². The molecule has 0 atom stereocenters. The van der Waals surface area contributed by atoms with Gasteiger partial charge < -0.3 is 0 Å². The fraction of sp³-hybridized carbons (Fsp3) is 0.316. The number of para-hydroxylation sites is 1. The van der Waals surface area contributed by atoms with Crippen molar-refractivity contribution in [2.75, 3.05) is 0 Å². The molecule has 0 aliphatic rings. The van der Waals surface area contributed by atoms with Gasteiger partial charge in [-0.15, -0.1) is 12.6 Å². The van der Waals surface area contributed by atoms with E-state index in [4.69, 9.17) is 4.99 Å². The lowest BCUT2D eigenvalue weighted by Gasteiger charge is -2.16. The molecule has 0 aliphatic carbocycles. The Labute approximate surface area is 133 Å². The summed E-state index contributed by atoms with van der Waals surface area (Å²) in [5.74, 6) is 0.921. The topological polar surface area (TPSA) is 12.4 Å². The second-order valence-corrected chi connectivity index (χ2v) is 6.39. The highest BCUT2D eigenvalue weighted by Gasteiger charge is 2.12. The zero-order valence-electron chi connectivity index (χ0n) is 13.2. The number of thiol groups is 1. The summed E-state index contributed by atoms with van der Waals surface area (Å²) in [6.07, 6.45) is 1.93. The first-order valence-electron chi connectivity index (χ1n) is 7.45. The monoisotopic (exact) mass is 297 g/mol. The standard InChI is InChI=1S/C19H23NS/c1-13(2)16-9-7-10-17(14(3)4)19(16)20-12-15-8-5-6-11-18(15)21/h5-14,21H,1-4H3. The van der Waals surface area contributed by atoms with Crippen LogP contribution in [0.4, 0.5) is 5.69 Å². The molecule has 0 amide bonds. The maximum absolute atomic E-state index is 4.81. The molecule has 2 heteroatoms. The summed E-state index contributed by atoms with van der Waals surface area (Å²) in [7, 11) is 0. The smallest absolute Gasteiger partial charge is 0.0699 e. The SMILES string of the molecule is CC(C)c1cccc(C(C)C)c1N=Cc1ccccc1S. The predicted molar refractivity (Wildman–Crippen MR) is 95.6 cm³/mol. The van der Waals surface area contributed by atoms with Gasteiger partial charge in [-0.1, -0.05) is 64.1 Å². The van der Waals surface area contributed by atoms with Gasteiger partial charge in [0.25, 0.3) is 0 Å². The van der Waals surface area contributed by atoms with Gasteiger partial charge in [0.2, 0.25) is 0 Å². The van der Waals surface area contributed by atoms with Crippen LogP contribution >= 0.6 is 12.6 Å². The van der Waals surface area contributed by atoms with E-state index in [9.17, 15) is 0 Å². The second-order valence-electron chi connectivity index (χ2n) is 5.91. The fourth-order valence-electron chi connectivity index (χ4n) is 2.39. The summed E-state index contributed by atoms with van der Waals surface area (Å²) < 4.78 is 0. The van der Waals surface area contributed by atoms with Crippen molar-refractivity contribution in [1.29, 1.82) is 0 Å². The molecule has 0 saturated heterocycles. The zero-order valence-corrected chi connectivity index (χ0v) is 14.1. The van der Waals surface area contributed by atoms with E-state index in [2.05, 4.69) is 58.5 Å². The molecule has 0 unspecified atom stereocenters. The second kappa shape index (κ2) is 6.95. The van der Waals surface area contributed by atoms with E-state index >= 15 is 0 Å². The minimum Gasteiger partial charge on any atom is -0.256 e. The summed E-state index contributed by atoms with van der Waals surface area (Å²) >= 11 is 4.49. The molecule has 0 heterocycles. The minimum absolute atomic E-state index is 0.460. The van der Waals surface area contributed by atoms with E-state index in [1.807, 2.05) is 30.5 Å². The van der Waals surface area contributed by atoms with Crippen molar-refractivity contribution in [3.8, 4) is 0 Å². The molecule has 0 radical (unpaired) electrons. The Bertz CT molecular complexity index is 616. The van der Waals surface area contributed by atoms with Gasteiger partial charge in [0, 0.05) is 16.7 Å². The van der Waals surface area contributed by atoms with Gasteiger partial charge >= 0.3 is 0 Å². The number of hydrogen-bond donors (Lipinski definition) is 1. The van der Waals surface area contributed by atoms with Crippen molar-refractivity contribution in [3.63, 3.8) is 0 Å². The Morgan fingerprint density at radius 3 is 1.95 bits per heavy atom. The third-order valence-electron chi connectivity index (χ3n) is 3.61. The summed E-state index contributed by atoms with van der Waals surface area (Å²) in [4.78, 5) is 5.76. The molecule has 0 bridgehead atoms. The molecule has 0 fully saturated rings. The van der Waals surface area contributed by atoms with Crippen LogP contribution in [0.1, 0.15) is 56.2 Å². The Hall–Kier alpha value is -1.54. The molecule has 2 rings (SSSR count). The molecular weight excluding hydrogens is 274 g/mol. The van der Waals surface area contributed by atoms with Crippen LogP contribution in [0.5, 0.6) is 0 Å². The highest BCUT2D eigenvalue weighted by atomic mass is 32.1. The molecule has 110 valence electrons. The zero-order chi connectivity index (χ0) is 15.4. The van der Waals surface area contributed by atoms with Gasteiger partial charge in [-0.05, 0) is 29.0 Å². The van der Waals surface area contributed by atoms with Crippen molar-refractivity contribution < 1.29 is 0 Å². The largest absolute Gasteiger partial charge is 0.256 e. The lowest BCUT2D eigenvalue weighted by molar-refractivity contribution is 0.835. The molecule has 2 aromatic carbocycles. The fourth-order valence-corrected chi connectivity index (χ4v) is 2.61. The Morgan fingerprint density at radius 2 is 1.43 bits per heavy atom. The van der Waals surface area contributed by atoms with E-state index in [0.717, 1.165) is 16.1 Å². The molecule has 2 aromatic rings. The van der Waals surface area contributed by atoms with Crippen LogP contribution in [0.3, 0.4) is 0 Å². The summed E-state index contributed by atoms with van der Waals surface area (Å²) in [6, 6.07) is 14.5. The molecule has 0 aliphatic heterocycles. The minimum atomic E-state index is 0.460. The van der Waals surface area contributed by atoms with Crippen LogP contribution < -0.4 is 0 Å². The van der Waals surface area contributed by atoms with Crippen LogP contribution in [-0.4, -0.2) is 6.21 Å². The van der Waals surface area contributed by atoms with Crippen LogP contribution in [-0.2, 0) is 0 Å². The molecule has 0 saturated carbocycles. The van der Waals surface area contributed by atoms with Gasteiger partial charge in [-0.2, -0.15) is 0 Å². The van der Waals surface area contributed by atoms with Crippen LogP contribution in [0.15, 0.2) is 52.4 Å². The van der Waals surface area contributed by atoms with Crippen LogP contribution in [0.25, 0.3) is 0 Å². The van der Waals surface area contributed by atoms with Gasteiger partial charge in [0.15, 0.2) is 0 Å². The molecule has 0 N–H and O–H groups in total. The van der Waals surface area contributed by atoms with E-state index in [-0.39, 0.29) is 0 Å². The van der Waals surface area contributed by atoms with Gasteiger partial charge in [0.1, 0.15) is 0 Å². The summed E-state index contributed by atoms with van der Waals surface area (Å²) in [6.45, 7) is 8.85.